The van der Waals surface area contributed by atoms with Crippen molar-refractivity contribution in [1.82, 2.24) is 10.6 Å². The molecule has 0 heterocycles. The van der Waals surface area contributed by atoms with Crippen molar-refractivity contribution in [3.63, 3.8) is 0 Å². The number of amides is 1. The van der Waals surface area contributed by atoms with Crippen molar-refractivity contribution in [2.75, 3.05) is 13.7 Å². The molecule has 0 bridgehead atoms. The van der Waals surface area contributed by atoms with Gasteiger partial charge in [-0.25, -0.2) is 0 Å². The van der Waals surface area contributed by atoms with Gasteiger partial charge in [0.1, 0.15) is 6.54 Å². The van der Waals surface area contributed by atoms with Crippen LogP contribution in [0.2, 0.25) is 0 Å². The van der Waals surface area contributed by atoms with E-state index in [9.17, 15) is 9.59 Å². The minimum atomic E-state index is -0.457. The number of methoxy groups -OCH3 is 1. The van der Waals surface area contributed by atoms with Gasteiger partial charge in [0.2, 0.25) is 0 Å². The summed E-state index contributed by atoms with van der Waals surface area (Å²) in [6, 6.07) is 8.64. The molecule has 0 fully saturated rings. The smallest absolute Gasteiger partial charge is 0.325 e. The molecule has 1 rings (SSSR count). The molecule has 0 atom stereocenters. The lowest BCUT2D eigenvalue weighted by Gasteiger charge is -2.08. The molecule has 0 aliphatic heterocycles. The highest BCUT2D eigenvalue weighted by Gasteiger charge is 2.07. The fraction of sp³-hybridized carbons (Fsp3) is 0.182. The number of carbonyl (C=O) groups excluding carboxylic acids is 2. The van der Waals surface area contributed by atoms with E-state index < -0.39 is 5.97 Å². The quantitative estimate of drug-likeness (QED) is 0.604. The number of benzene rings is 1. The Morgan fingerprint density at radius 1 is 1.29 bits per heavy atom. The van der Waals surface area contributed by atoms with Gasteiger partial charge in [-0.2, -0.15) is 0 Å². The molecule has 17 heavy (non-hydrogen) atoms. The third-order valence-corrected chi connectivity index (χ3v) is 2.13. The van der Waals surface area contributed by atoms with Gasteiger partial charge in [-0.3, -0.25) is 14.9 Å². The Balaban J connectivity index is 2.42. The van der Waals surface area contributed by atoms with Crippen molar-refractivity contribution < 1.29 is 14.3 Å². The van der Waals surface area contributed by atoms with Crippen LogP contribution in [-0.4, -0.2) is 30.6 Å². The van der Waals surface area contributed by atoms with Gasteiger partial charge in [0.25, 0.3) is 5.91 Å². The van der Waals surface area contributed by atoms with E-state index in [-0.39, 0.29) is 17.6 Å². The molecule has 1 aromatic carbocycles. The molecule has 0 aliphatic rings. The van der Waals surface area contributed by atoms with Crippen LogP contribution >= 0.6 is 12.2 Å². The maximum absolute atomic E-state index is 11.6. The predicted octanol–water partition coefficient (Wildman–Crippen LogP) is 0.464. The first-order valence-corrected chi connectivity index (χ1v) is 5.25. The van der Waals surface area contributed by atoms with E-state index in [1.54, 1.807) is 24.3 Å². The Bertz CT molecular complexity index is 420. The van der Waals surface area contributed by atoms with E-state index in [0.29, 0.717) is 5.56 Å². The third-order valence-electron chi connectivity index (χ3n) is 1.88. The SMILES string of the molecule is COC(=O)CNC(=S)NC(=O)c1ccccc1. The van der Waals surface area contributed by atoms with E-state index in [1.807, 2.05) is 6.07 Å². The van der Waals surface area contributed by atoms with Gasteiger partial charge in [0.05, 0.1) is 7.11 Å². The summed E-state index contributed by atoms with van der Waals surface area (Å²) < 4.78 is 4.42. The Labute approximate surface area is 104 Å². The summed E-state index contributed by atoms with van der Waals surface area (Å²) in [5.41, 5.74) is 0.495. The molecular weight excluding hydrogens is 240 g/mol. The van der Waals surface area contributed by atoms with Gasteiger partial charge < -0.3 is 10.1 Å². The highest BCUT2D eigenvalue weighted by atomic mass is 32.1. The van der Waals surface area contributed by atoms with Crippen molar-refractivity contribution in [1.29, 1.82) is 0 Å². The van der Waals surface area contributed by atoms with Crippen LogP contribution in [0, 0.1) is 0 Å². The molecule has 0 spiro atoms. The number of nitrogens with one attached hydrogen (secondary N) is 2. The average molecular weight is 252 g/mol. The minimum Gasteiger partial charge on any atom is -0.468 e. The monoisotopic (exact) mass is 252 g/mol. The summed E-state index contributed by atoms with van der Waals surface area (Å²) in [5, 5.41) is 5.10. The standard InChI is InChI=1S/C11H12N2O3S/c1-16-9(14)7-12-11(17)13-10(15)8-5-3-2-4-6-8/h2-6H,7H2,1H3,(H2,12,13,15,17). The van der Waals surface area contributed by atoms with E-state index >= 15 is 0 Å². The molecule has 0 radical (unpaired) electrons. The Kier molecular flexibility index (Phi) is 5.09. The van der Waals surface area contributed by atoms with Crippen molar-refractivity contribution >= 4 is 29.2 Å². The zero-order valence-electron chi connectivity index (χ0n) is 9.23. The lowest BCUT2D eigenvalue weighted by atomic mass is 10.2. The Morgan fingerprint density at radius 2 is 1.94 bits per heavy atom. The van der Waals surface area contributed by atoms with Crippen LogP contribution < -0.4 is 10.6 Å². The van der Waals surface area contributed by atoms with Crippen LogP contribution in [-0.2, 0) is 9.53 Å². The molecule has 2 N–H and O–H groups in total. The van der Waals surface area contributed by atoms with Crippen LogP contribution in [0.4, 0.5) is 0 Å². The molecule has 6 heteroatoms. The summed E-state index contributed by atoms with van der Waals surface area (Å²) in [6.07, 6.45) is 0. The largest absolute Gasteiger partial charge is 0.468 e. The molecule has 0 unspecified atom stereocenters. The van der Waals surface area contributed by atoms with Gasteiger partial charge in [-0.1, -0.05) is 18.2 Å². The summed E-state index contributed by atoms with van der Waals surface area (Å²) >= 11 is 4.85. The van der Waals surface area contributed by atoms with Crippen LogP contribution in [0.15, 0.2) is 30.3 Å². The molecule has 90 valence electrons. The molecule has 0 aliphatic carbocycles. The summed E-state index contributed by atoms with van der Waals surface area (Å²) in [4.78, 5) is 22.4. The summed E-state index contributed by atoms with van der Waals surface area (Å²) in [5.74, 6) is -0.783. The highest BCUT2D eigenvalue weighted by Crippen LogP contribution is 1.97. The number of thiocarbonyl (C=S) groups is 1. The molecule has 0 aromatic heterocycles. The van der Waals surface area contributed by atoms with Gasteiger partial charge in [0.15, 0.2) is 5.11 Å². The first kappa shape index (κ1) is 13.1. The second-order valence-corrected chi connectivity index (χ2v) is 3.49. The number of esters is 1. The molecule has 1 aromatic rings. The van der Waals surface area contributed by atoms with E-state index in [4.69, 9.17) is 12.2 Å². The fourth-order valence-corrected chi connectivity index (χ4v) is 1.20. The first-order valence-electron chi connectivity index (χ1n) is 4.84. The zero-order chi connectivity index (χ0) is 12.7. The second-order valence-electron chi connectivity index (χ2n) is 3.08. The van der Waals surface area contributed by atoms with Crippen LogP contribution in [0.25, 0.3) is 0 Å². The predicted molar refractivity (Wildman–Crippen MR) is 66.5 cm³/mol. The maximum atomic E-state index is 11.6. The number of rotatable bonds is 3. The third kappa shape index (κ3) is 4.60. The molecule has 0 saturated heterocycles. The molecular formula is C11H12N2O3S. The maximum Gasteiger partial charge on any atom is 0.325 e. The van der Waals surface area contributed by atoms with Crippen LogP contribution in [0.5, 0.6) is 0 Å². The van der Waals surface area contributed by atoms with Gasteiger partial charge in [-0.05, 0) is 24.4 Å². The first-order chi connectivity index (χ1) is 8.13. The van der Waals surface area contributed by atoms with E-state index in [1.165, 1.54) is 7.11 Å². The van der Waals surface area contributed by atoms with Crippen molar-refractivity contribution in [2.24, 2.45) is 0 Å². The summed E-state index contributed by atoms with van der Waals surface area (Å²) in [6.45, 7) is -0.0790. The van der Waals surface area contributed by atoms with Gasteiger partial charge in [0, 0.05) is 5.56 Å². The lowest BCUT2D eigenvalue weighted by Crippen LogP contribution is -2.41. The van der Waals surface area contributed by atoms with Crippen molar-refractivity contribution in [2.45, 2.75) is 0 Å². The van der Waals surface area contributed by atoms with Crippen molar-refractivity contribution in [3.8, 4) is 0 Å². The highest BCUT2D eigenvalue weighted by molar-refractivity contribution is 7.80. The topological polar surface area (TPSA) is 67.4 Å². The van der Waals surface area contributed by atoms with E-state index in [2.05, 4.69) is 15.4 Å². The Morgan fingerprint density at radius 3 is 2.53 bits per heavy atom. The minimum absolute atomic E-state index is 0.0790. The second kappa shape index (κ2) is 6.59. The molecule has 5 nitrogen and oxygen atoms in total. The normalized spacial score (nSPS) is 9.24. The number of hydrogen-bond donors (Lipinski definition) is 2. The Hall–Kier alpha value is -1.95. The lowest BCUT2D eigenvalue weighted by molar-refractivity contribution is -0.139. The number of hydrogen-bond acceptors (Lipinski definition) is 4. The fourth-order valence-electron chi connectivity index (χ4n) is 1.03. The van der Waals surface area contributed by atoms with Crippen LogP contribution in [0.1, 0.15) is 10.4 Å². The average Bonchev–Trinajstić information content (AvgIpc) is 2.36. The number of ether oxygens (including phenoxy) is 1. The van der Waals surface area contributed by atoms with Crippen LogP contribution in [0.3, 0.4) is 0 Å². The zero-order valence-corrected chi connectivity index (χ0v) is 10.0. The molecule has 1 amide bonds. The van der Waals surface area contributed by atoms with E-state index in [0.717, 1.165) is 0 Å². The molecule has 0 saturated carbocycles. The number of carbonyl (C=O) groups is 2. The summed E-state index contributed by atoms with van der Waals surface area (Å²) in [7, 11) is 1.27. The van der Waals surface area contributed by atoms with Gasteiger partial charge >= 0.3 is 5.97 Å². The van der Waals surface area contributed by atoms with Gasteiger partial charge in [-0.15, -0.1) is 0 Å². The van der Waals surface area contributed by atoms with Crippen molar-refractivity contribution in [3.05, 3.63) is 35.9 Å².